The molecule has 0 aliphatic carbocycles. The molecule has 0 aliphatic heterocycles. The van der Waals surface area contributed by atoms with Crippen molar-refractivity contribution in [1.82, 2.24) is 0 Å². The molecule has 0 spiro atoms. The summed E-state index contributed by atoms with van der Waals surface area (Å²) in [6, 6.07) is 15.5. The molecule has 0 unspecified atom stereocenters. The van der Waals surface area contributed by atoms with Crippen LogP contribution in [0.15, 0.2) is 47.4 Å². The molecule has 0 bridgehead atoms. The molecule has 0 fully saturated rings. The van der Waals surface area contributed by atoms with E-state index in [1.807, 2.05) is 11.8 Å². The first-order valence-electron chi connectivity index (χ1n) is 7.42. The fraction of sp³-hybridized carbons (Fsp3) is 0.368. The third kappa shape index (κ3) is 4.36. The second kappa shape index (κ2) is 6.67. The molecule has 21 heavy (non-hydrogen) atoms. The number of nitrogens with two attached hydrogens (primary N) is 1. The van der Waals surface area contributed by atoms with Crippen LogP contribution in [0, 0.1) is 6.92 Å². The number of rotatable bonds is 4. The molecule has 0 heterocycles. The lowest BCUT2D eigenvalue weighted by Crippen LogP contribution is -2.10. The van der Waals surface area contributed by atoms with Gasteiger partial charge in [0, 0.05) is 17.2 Å². The molecule has 112 valence electrons. The fourth-order valence-corrected chi connectivity index (χ4v) is 3.23. The molecule has 1 nitrogen and oxygen atoms in total. The van der Waals surface area contributed by atoms with Gasteiger partial charge in [-0.15, -0.1) is 11.8 Å². The molecular formula is C19H25NS. The average molecular weight is 299 g/mol. The maximum atomic E-state index is 5.68. The number of benzene rings is 2. The summed E-state index contributed by atoms with van der Waals surface area (Å²) >= 11 is 1.89. The second-order valence-electron chi connectivity index (χ2n) is 6.53. The Hall–Kier alpha value is -1.25. The number of thioether (sulfide) groups is 1. The first-order chi connectivity index (χ1) is 9.90. The van der Waals surface area contributed by atoms with Crippen molar-refractivity contribution in [2.45, 2.75) is 50.3 Å². The van der Waals surface area contributed by atoms with E-state index >= 15 is 0 Å². The van der Waals surface area contributed by atoms with E-state index in [0.717, 1.165) is 5.75 Å². The highest BCUT2D eigenvalue weighted by Gasteiger charge is 2.12. The van der Waals surface area contributed by atoms with Crippen LogP contribution in [-0.4, -0.2) is 0 Å². The Balaban J connectivity index is 2.03. The van der Waals surface area contributed by atoms with E-state index < -0.39 is 0 Å². The van der Waals surface area contributed by atoms with E-state index in [9.17, 15) is 0 Å². The Morgan fingerprint density at radius 2 is 1.67 bits per heavy atom. The molecule has 0 aliphatic rings. The van der Waals surface area contributed by atoms with Gasteiger partial charge in [-0.2, -0.15) is 0 Å². The summed E-state index contributed by atoms with van der Waals surface area (Å²) in [5, 5.41) is 0. The van der Waals surface area contributed by atoms with Crippen molar-refractivity contribution in [2.24, 2.45) is 5.73 Å². The van der Waals surface area contributed by atoms with Crippen molar-refractivity contribution in [3.05, 3.63) is 64.7 Å². The molecule has 0 amide bonds. The van der Waals surface area contributed by atoms with Crippen LogP contribution in [-0.2, 0) is 17.7 Å². The Morgan fingerprint density at radius 1 is 1.00 bits per heavy atom. The lowest BCUT2D eigenvalue weighted by molar-refractivity contribution is 0.590. The normalized spacial score (nSPS) is 11.7. The van der Waals surface area contributed by atoms with Gasteiger partial charge in [-0.05, 0) is 46.7 Å². The highest BCUT2D eigenvalue weighted by Crippen LogP contribution is 2.28. The summed E-state index contributed by atoms with van der Waals surface area (Å²) in [7, 11) is 0. The Bertz CT molecular complexity index is 594. The maximum absolute atomic E-state index is 5.68. The zero-order valence-electron chi connectivity index (χ0n) is 13.4. The Kier molecular flexibility index (Phi) is 5.13. The molecule has 2 heteroatoms. The highest BCUT2D eigenvalue weighted by molar-refractivity contribution is 7.98. The SMILES string of the molecule is Cc1cc(CN)ccc1CSc1ccc(C(C)(C)C)cc1. The summed E-state index contributed by atoms with van der Waals surface area (Å²) in [5.74, 6) is 1.01. The van der Waals surface area contributed by atoms with Crippen molar-refractivity contribution in [2.75, 3.05) is 0 Å². The van der Waals surface area contributed by atoms with Crippen LogP contribution >= 0.6 is 11.8 Å². The average Bonchev–Trinajstić information content (AvgIpc) is 2.45. The van der Waals surface area contributed by atoms with Crippen LogP contribution in [0.4, 0.5) is 0 Å². The lowest BCUT2D eigenvalue weighted by Gasteiger charge is -2.19. The van der Waals surface area contributed by atoms with Crippen LogP contribution in [0.2, 0.25) is 0 Å². The largest absolute Gasteiger partial charge is 0.326 e. The van der Waals surface area contributed by atoms with Gasteiger partial charge in [0.2, 0.25) is 0 Å². The van der Waals surface area contributed by atoms with Gasteiger partial charge in [0.15, 0.2) is 0 Å². The van der Waals surface area contributed by atoms with Crippen molar-refractivity contribution >= 4 is 11.8 Å². The van der Waals surface area contributed by atoms with Gasteiger partial charge in [-0.25, -0.2) is 0 Å². The van der Waals surface area contributed by atoms with E-state index in [4.69, 9.17) is 5.73 Å². The summed E-state index contributed by atoms with van der Waals surface area (Å²) in [6.07, 6.45) is 0. The van der Waals surface area contributed by atoms with Crippen LogP contribution in [0.25, 0.3) is 0 Å². The van der Waals surface area contributed by atoms with Crippen LogP contribution in [0.5, 0.6) is 0 Å². The molecule has 0 radical (unpaired) electrons. The van der Waals surface area contributed by atoms with Crippen LogP contribution in [0.1, 0.15) is 43.0 Å². The third-order valence-corrected chi connectivity index (χ3v) is 4.82. The van der Waals surface area contributed by atoms with E-state index in [1.54, 1.807) is 0 Å². The van der Waals surface area contributed by atoms with Gasteiger partial charge in [-0.3, -0.25) is 0 Å². The molecule has 2 aromatic rings. The lowest BCUT2D eigenvalue weighted by atomic mass is 9.87. The molecular weight excluding hydrogens is 274 g/mol. The predicted molar refractivity (Wildman–Crippen MR) is 93.8 cm³/mol. The molecule has 0 atom stereocenters. The molecule has 0 saturated carbocycles. The molecule has 2 rings (SSSR count). The van der Waals surface area contributed by atoms with Crippen molar-refractivity contribution in [3.63, 3.8) is 0 Å². The first-order valence-corrected chi connectivity index (χ1v) is 8.40. The smallest absolute Gasteiger partial charge is 0.0234 e. The van der Waals surface area contributed by atoms with Crippen molar-refractivity contribution in [1.29, 1.82) is 0 Å². The van der Waals surface area contributed by atoms with E-state index in [-0.39, 0.29) is 5.41 Å². The molecule has 2 N–H and O–H groups in total. The fourth-order valence-electron chi connectivity index (χ4n) is 2.26. The van der Waals surface area contributed by atoms with Crippen molar-refractivity contribution in [3.8, 4) is 0 Å². The number of hydrogen-bond donors (Lipinski definition) is 1. The Labute approximate surface area is 133 Å². The minimum Gasteiger partial charge on any atom is -0.326 e. The topological polar surface area (TPSA) is 26.0 Å². The van der Waals surface area contributed by atoms with E-state index in [2.05, 4.69) is 70.2 Å². The highest BCUT2D eigenvalue weighted by atomic mass is 32.2. The minimum absolute atomic E-state index is 0.220. The monoisotopic (exact) mass is 299 g/mol. The third-order valence-electron chi connectivity index (χ3n) is 3.76. The maximum Gasteiger partial charge on any atom is 0.0234 e. The van der Waals surface area contributed by atoms with Gasteiger partial charge < -0.3 is 5.73 Å². The predicted octanol–water partition coefficient (Wildman–Crippen LogP) is 5.04. The van der Waals surface area contributed by atoms with E-state index in [0.29, 0.717) is 6.54 Å². The quantitative estimate of drug-likeness (QED) is 0.800. The van der Waals surface area contributed by atoms with Gasteiger partial charge in [-0.1, -0.05) is 51.1 Å². The van der Waals surface area contributed by atoms with E-state index in [1.165, 1.54) is 27.1 Å². The summed E-state index contributed by atoms with van der Waals surface area (Å²) in [6.45, 7) is 9.52. The van der Waals surface area contributed by atoms with Gasteiger partial charge in [0.25, 0.3) is 0 Å². The van der Waals surface area contributed by atoms with Gasteiger partial charge in [0.1, 0.15) is 0 Å². The zero-order chi connectivity index (χ0) is 15.5. The minimum atomic E-state index is 0.220. The second-order valence-corrected chi connectivity index (χ2v) is 7.58. The molecule has 2 aromatic carbocycles. The zero-order valence-corrected chi connectivity index (χ0v) is 14.3. The number of aryl methyl sites for hydroxylation is 1. The number of hydrogen-bond acceptors (Lipinski definition) is 2. The molecule has 0 saturated heterocycles. The standard InChI is InChI=1S/C19H25NS/c1-14-11-15(12-20)5-6-16(14)13-21-18-9-7-17(8-10-18)19(2,3)4/h5-11H,12-13,20H2,1-4H3. The van der Waals surface area contributed by atoms with Gasteiger partial charge in [0.05, 0.1) is 0 Å². The summed E-state index contributed by atoms with van der Waals surface area (Å²) in [4.78, 5) is 1.32. The van der Waals surface area contributed by atoms with Gasteiger partial charge >= 0.3 is 0 Å². The Morgan fingerprint density at radius 3 is 2.19 bits per heavy atom. The van der Waals surface area contributed by atoms with Crippen LogP contribution in [0.3, 0.4) is 0 Å². The van der Waals surface area contributed by atoms with Crippen LogP contribution < -0.4 is 5.73 Å². The summed E-state index contributed by atoms with van der Waals surface area (Å²) in [5.41, 5.74) is 11.2. The summed E-state index contributed by atoms with van der Waals surface area (Å²) < 4.78 is 0. The molecule has 0 aromatic heterocycles. The first kappa shape index (κ1) is 16.1. The van der Waals surface area contributed by atoms with Crippen molar-refractivity contribution < 1.29 is 0 Å².